The number of rotatable bonds is 2. The Morgan fingerprint density at radius 1 is 1.62 bits per heavy atom. The van der Waals surface area contributed by atoms with E-state index in [1.165, 1.54) is 28.5 Å². The van der Waals surface area contributed by atoms with Crippen molar-refractivity contribution in [3.63, 3.8) is 0 Å². The third-order valence-electron chi connectivity index (χ3n) is 1.42. The molecule has 1 rings (SSSR count). The number of nitriles is 1. The molecule has 3 nitrogen and oxygen atoms in total. The van der Waals surface area contributed by atoms with Crippen molar-refractivity contribution in [2.24, 2.45) is 0 Å². The average molecular weight is 233 g/mol. The van der Waals surface area contributed by atoms with Gasteiger partial charge in [-0.1, -0.05) is 0 Å². The third-order valence-corrected chi connectivity index (χ3v) is 4.83. The second-order valence-electron chi connectivity index (χ2n) is 2.35. The SMILES string of the molecule is CSc1scc(S(C)(=O)=O)c1C#N. The smallest absolute Gasteiger partial charge is 0.177 e. The molecule has 0 fully saturated rings. The lowest BCUT2D eigenvalue weighted by Gasteiger charge is -1.94. The Labute approximate surface area is 85.3 Å². The number of thiophene rings is 1. The highest BCUT2D eigenvalue weighted by Gasteiger charge is 2.18. The number of sulfone groups is 1. The van der Waals surface area contributed by atoms with Crippen LogP contribution >= 0.6 is 23.1 Å². The fourth-order valence-electron chi connectivity index (χ4n) is 0.849. The van der Waals surface area contributed by atoms with E-state index >= 15 is 0 Å². The Hall–Kier alpha value is -0.510. The summed E-state index contributed by atoms with van der Waals surface area (Å²) in [7, 11) is -3.26. The number of nitrogens with zero attached hydrogens (tertiary/aromatic N) is 1. The molecule has 0 atom stereocenters. The molecular weight excluding hydrogens is 226 g/mol. The Bertz CT molecular complexity index is 453. The molecule has 0 aliphatic carbocycles. The quantitative estimate of drug-likeness (QED) is 0.730. The topological polar surface area (TPSA) is 57.9 Å². The highest BCUT2D eigenvalue weighted by molar-refractivity contribution is 8.00. The number of hydrogen-bond acceptors (Lipinski definition) is 5. The van der Waals surface area contributed by atoms with Gasteiger partial charge in [-0.2, -0.15) is 5.26 Å². The van der Waals surface area contributed by atoms with Crippen LogP contribution < -0.4 is 0 Å². The van der Waals surface area contributed by atoms with E-state index in [0.29, 0.717) is 0 Å². The first-order valence-corrected chi connectivity index (χ1v) is 7.26. The van der Waals surface area contributed by atoms with Crippen molar-refractivity contribution in [2.75, 3.05) is 12.5 Å². The Morgan fingerprint density at radius 2 is 2.23 bits per heavy atom. The van der Waals surface area contributed by atoms with Crippen LogP contribution in [0, 0.1) is 11.3 Å². The second kappa shape index (κ2) is 3.70. The van der Waals surface area contributed by atoms with Crippen LogP contribution in [0.3, 0.4) is 0 Å². The molecule has 0 aliphatic heterocycles. The van der Waals surface area contributed by atoms with E-state index in [9.17, 15) is 8.42 Å². The fourth-order valence-corrected chi connectivity index (χ4v) is 3.83. The van der Waals surface area contributed by atoms with Gasteiger partial charge in [-0.05, 0) is 6.26 Å². The Balaban J connectivity index is 3.43. The van der Waals surface area contributed by atoms with E-state index in [-0.39, 0.29) is 10.5 Å². The van der Waals surface area contributed by atoms with Crippen molar-refractivity contribution >= 4 is 32.9 Å². The molecule has 0 aliphatic rings. The predicted octanol–water partition coefficient (Wildman–Crippen LogP) is 1.75. The Kier molecular flexibility index (Phi) is 3.01. The van der Waals surface area contributed by atoms with Crippen molar-refractivity contribution in [3.8, 4) is 6.07 Å². The molecule has 0 bridgehead atoms. The summed E-state index contributed by atoms with van der Waals surface area (Å²) < 4.78 is 23.1. The van der Waals surface area contributed by atoms with Crippen molar-refractivity contribution in [1.82, 2.24) is 0 Å². The van der Waals surface area contributed by atoms with Crippen molar-refractivity contribution in [3.05, 3.63) is 10.9 Å². The van der Waals surface area contributed by atoms with Gasteiger partial charge in [0.05, 0.1) is 14.7 Å². The molecule has 0 unspecified atom stereocenters. The summed E-state index contributed by atoms with van der Waals surface area (Å²) in [5, 5.41) is 10.3. The summed E-state index contributed by atoms with van der Waals surface area (Å²) in [5.41, 5.74) is 0.278. The first kappa shape index (κ1) is 10.6. The summed E-state index contributed by atoms with van der Waals surface area (Å²) in [4.78, 5) is 0.143. The predicted molar refractivity (Wildman–Crippen MR) is 53.9 cm³/mol. The maximum atomic E-state index is 11.2. The number of thioether (sulfide) groups is 1. The largest absolute Gasteiger partial charge is 0.224 e. The van der Waals surface area contributed by atoms with Gasteiger partial charge in [0.25, 0.3) is 0 Å². The van der Waals surface area contributed by atoms with Gasteiger partial charge in [0.2, 0.25) is 0 Å². The van der Waals surface area contributed by atoms with Crippen LogP contribution in [0.2, 0.25) is 0 Å². The van der Waals surface area contributed by atoms with Gasteiger partial charge in [0.1, 0.15) is 6.07 Å². The van der Waals surface area contributed by atoms with Gasteiger partial charge < -0.3 is 0 Å². The molecule has 1 aromatic rings. The molecule has 0 radical (unpaired) electrons. The van der Waals surface area contributed by atoms with Crippen LogP contribution in [-0.4, -0.2) is 20.9 Å². The Morgan fingerprint density at radius 3 is 2.62 bits per heavy atom. The standard InChI is InChI=1S/C7H7NO2S3/c1-11-7-5(3-8)6(4-12-7)13(2,9)10/h4H,1-2H3. The minimum absolute atomic E-state index is 0.143. The fraction of sp³-hybridized carbons (Fsp3) is 0.286. The van der Waals surface area contributed by atoms with Crippen LogP contribution in [-0.2, 0) is 9.84 Å². The lowest BCUT2D eigenvalue weighted by Crippen LogP contribution is -1.97. The lowest BCUT2D eigenvalue weighted by atomic mass is 10.4. The van der Waals surface area contributed by atoms with Gasteiger partial charge >= 0.3 is 0 Å². The first-order chi connectivity index (χ1) is 6.00. The molecule has 0 saturated heterocycles. The molecule has 0 amide bonds. The van der Waals surface area contributed by atoms with E-state index < -0.39 is 9.84 Å². The van der Waals surface area contributed by atoms with Crippen LogP contribution in [0.1, 0.15) is 5.56 Å². The molecule has 0 spiro atoms. The van der Waals surface area contributed by atoms with Crippen molar-refractivity contribution in [2.45, 2.75) is 9.10 Å². The highest BCUT2D eigenvalue weighted by atomic mass is 32.2. The van der Waals surface area contributed by atoms with Crippen LogP contribution in [0.25, 0.3) is 0 Å². The molecular formula is C7H7NO2S3. The third kappa shape index (κ3) is 2.05. The summed E-state index contributed by atoms with van der Waals surface area (Å²) in [6.07, 6.45) is 2.93. The molecule has 13 heavy (non-hydrogen) atoms. The van der Waals surface area contributed by atoms with E-state index in [4.69, 9.17) is 5.26 Å². The molecule has 1 heterocycles. The maximum absolute atomic E-state index is 11.2. The zero-order valence-electron chi connectivity index (χ0n) is 7.07. The van der Waals surface area contributed by atoms with Crippen molar-refractivity contribution in [1.29, 1.82) is 5.26 Å². The van der Waals surface area contributed by atoms with E-state index in [2.05, 4.69) is 0 Å². The normalized spacial score (nSPS) is 11.2. The zero-order valence-corrected chi connectivity index (χ0v) is 9.52. The van der Waals surface area contributed by atoms with Crippen LogP contribution in [0.5, 0.6) is 0 Å². The van der Waals surface area contributed by atoms with E-state index in [0.717, 1.165) is 10.5 Å². The molecule has 1 aromatic heterocycles. The molecule has 0 N–H and O–H groups in total. The minimum atomic E-state index is -3.26. The molecule has 0 aromatic carbocycles. The van der Waals surface area contributed by atoms with Gasteiger partial charge in [-0.25, -0.2) is 8.42 Å². The van der Waals surface area contributed by atoms with Gasteiger partial charge in [-0.3, -0.25) is 0 Å². The first-order valence-electron chi connectivity index (χ1n) is 3.26. The molecule has 0 saturated carbocycles. The second-order valence-corrected chi connectivity index (χ2v) is 6.29. The zero-order chi connectivity index (χ0) is 10.1. The van der Waals surface area contributed by atoms with Gasteiger partial charge in [-0.15, -0.1) is 23.1 Å². The summed E-state index contributed by atoms with van der Waals surface area (Å²) in [6, 6.07) is 1.91. The summed E-state index contributed by atoms with van der Waals surface area (Å²) >= 11 is 2.68. The van der Waals surface area contributed by atoms with E-state index in [1.807, 2.05) is 12.3 Å². The van der Waals surface area contributed by atoms with Gasteiger partial charge in [0, 0.05) is 11.6 Å². The van der Waals surface area contributed by atoms with E-state index in [1.54, 1.807) is 0 Å². The maximum Gasteiger partial charge on any atom is 0.177 e. The van der Waals surface area contributed by atoms with Crippen molar-refractivity contribution < 1.29 is 8.42 Å². The summed E-state index contributed by atoms with van der Waals surface area (Å²) in [6.45, 7) is 0. The van der Waals surface area contributed by atoms with Crippen LogP contribution in [0.15, 0.2) is 14.5 Å². The average Bonchev–Trinajstić information content (AvgIpc) is 2.45. The lowest BCUT2D eigenvalue weighted by molar-refractivity contribution is 0.602. The minimum Gasteiger partial charge on any atom is -0.224 e. The highest BCUT2D eigenvalue weighted by Crippen LogP contribution is 2.32. The monoisotopic (exact) mass is 233 g/mol. The molecule has 70 valence electrons. The van der Waals surface area contributed by atoms with Crippen LogP contribution in [0.4, 0.5) is 0 Å². The number of hydrogen-bond donors (Lipinski definition) is 0. The summed E-state index contributed by atoms with van der Waals surface area (Å²) in [5.74, 6) is 0. The molecule has 6 heteroatoms. The van der Waals surface area contributed by atoms with Gasteiger partial charge in [0.15, 0.2) is 9.84 Å².